The van der Waals surface area contributed by atoms with E-state index in [9.17, 15) is 8.42 Å². The van der Waals surface area contributed by atoms with Crippen LogP contribution in [0.4, 0.5) is 5.69 Å². The number of anilines is 1. The fourth-order valence-electron chi connectivity index (χ4n) is 2.78. The highest BCUT2D eigenvalue weighted by Gasteiger charge is 2.29. The minimum atomic E-state index is -3.92. The Morgan fingerprint density at radius 2 is 1.96 bits per heavy atom. The maximum Gasteiger partial charge on any atom is 0.264 e. The van der Waals surface area contributed by atoms with Crippen molar-refractivity contribution in [2.45, 2.75) is 32.1 Å². The Labute approximate surface area is 151 Å². The summed E-state index contributed by atoms with van der Waals surface area (Å²) in [4.78, 5) is 7.39. The number of nitrogens with one attached hydrogen (secondary N) is 2. The molecule has 3 rings (SSSR count). The van der Waals surface area contributed by atoms with Crippen molar-refractivity contribution in [3.63, 3.8) is 0 Å². The minimum absolute atomic E-state index is 0.0761. The molecular formula is C17H20N4O4S. The van der Waals surface area contributed by atoms with Gasteiger partial charge in [0.15, 0.2) is 5.82 Å². The largest absolute Gasteiger partial charge is 0.495 e. The van der Waals surface area contributed by atoms with Crippen LogP contribution < -0.4 is 9.46 Å². The second-order valence-electron chi connectivity index (χ2n) is 5.75. The van der Waals surface area contributed by atoms with E-state index in [4.69, 9.17) is 9.26 Å². The van der Waals surface area contributed by atoms with Crippen LogP contribution in [0.15, 0.2) is 33.7 Å². The smallest absolute Gasteiger partial charge is 0.264 e. The lowest BCUT2D eigenvalue weighted by atomic mass is 10.2. The number of ether oxygens (including phenoxy) is 1. The maximum absolute atomic E-state index is 13.1. The molecule has 0 fully saturated rings. The second-order valence-corrected chi connectivity index (χ2v) is 7.37. The van der Waals surface area contributed by atoms with E-state index in [-0.39, 0.29) is 10.8 Å². The van der Waals surface area contributed by atoms with Gasteiger partial charge in [-0.2, -0.15) is 4.98 Å². The normalized spacial score (nSPS) is 11.5. The fraction of sp³-hybridized carbons (Fsp3) is 0.294. The van der Waals surface area contributed by atoms with Gasteiger partial charge in [-0.25, -0.2) is 8.42 Å². The number of methoxy groups -OCH3 is 1. The number of aromatic nitrogens is 3. The fourth-order valence-corrected chi connectivity index (χ4v) is 4.30. The SMILES string of the molecule is CCc1noc(-c2c(C)[nH]c(C)c2S(=O)(=O)Nc2ccccc2OC)n1. The molecule has 0 amide bonds. The van der Waals surface area contributed by atoms with Crippen LogP contribution in [0.25, 0.3) is 11.5 Å². The van der Waals surface area contributed by atoms with Crippen molar-refractivity contribution in [1.82, 2.24) is 15.1 Å². The second kappa shape index (κ2) is 6.83. The van der Waals surface area contributed by atoms with Crippen molar-refractivity contribution in [2.75, 3.05) is 11.8 Å². The van der Waals surface area contributed by atoms with Crippen molar-refractivity contribution in [3.05, 3.63) is 41.5 Å². The zero-order valence-electron chi connectivity index (χ0n) is 15.0. The lowest BCUT2D eigenvalue weighted by Crippen LogP contribution is -2.15. The number of benzene rings is 1. The average Bonchev–Trinajstić information content (AvgIpc) is 3.18. The quantitative estimate of drug-likeness (QED) is 0.684. The van der Waals surface area contributed by atoms with Crippen molar-refractivity contribution in [1.29, 1.82) is 0 Å². The molecule has 1 aromatic carbocycles. The minimum Gasteiger partial charge on any atom is -0.495 e. The van der Waals surface area contributed by atoms with Crippen LogP contribution in [0.2, 0.25) is 0 Å². The Kier molecular flexibility index (Phi) is 4.73. The highest BCUT2D eigenvalue weighted by molar-refractivity contribution is 7.93. The molecule has 2 aromatic heterocycles. The first-order valence-electron chi connectivity index (χ1n) is 8.05. The van der Waals surface area contributed by atoms with E-state index in [0.29, 0.717) is 40.6 Å². The van der Waals surface area contributed by atoms with E-state index >= 15 is 0 Å². The first-order chi connectivity index (χ1) is 12.4. The Morgan fingerprint density at radius 1 is 1.23 bits per heavy atom. The number of hydrogen-bond donors (Lipinski definition) is 2. The Morgan fingerprint density at radius 3 is 2.62 bits per heavy atom. The zero-order valence-corrected chi connectivity index (χ0v) is 15.8. The van der Waals surface area contributed by atoms with Crippen LogP contribution in [-0.4, -0.2) is 30.7 Å². The summed E-state index contributed by atoms with van der Waals surface area (Å²) in [6.07, 6.45) is 0.591. The van der Waals surface area contributed by atoms with Gasteiger partial charge in [0.25, 0.3) is 15.9 Å². The summed E-state index contributed by atoms with van der Waals surface area (Å²) in [5, 5.41) is 3.86. The van der Waals surface area contributed by atoms with Gasteiger partial charge >= 0.3 is 0 Å². The Balaban J connectivity index is 2.11. The molecule has 0 unspecified atom stereocenters. The van der Waals surface area contributed by atoms with E-state index in [2.05, 4.69) is 19.8 Å². The van der Waals surface area contributed by atoms with Gasteiger partial charge in [0, 0.05) is 17.8 Å². The van der Waals surface area contributed by atoms with E-state index in [1.807, 2.05) is 6.92 Å². The predicted molar refractivity (Wildman–Crippen MR) is 96.7 cm³/mol. The van der Waals surface area contributed by atoms with Gasteiger partial charge in [0.05, 0.1) is 18.4 Å². The van der Waals surface area contributed by atoms with E-state index in [1.165, 1.54) is 7.11 Å². The number of nitrogens with zero attached hydrogens (tertiary/aromatic N) is 2. The summed E-state index contributed by atoms with van der Waals surface area (Å²) < 4.78 is 39.3. The van der Waals surface area contributed by atoms with Crippen LogP contribution in [-0.2, 0) is 16.4 Å². The maximum atomic E-state index is 13.1. The Hall–Kier alpha value is -2.81. The zero-order chi connectivity index (χ0) is 18.9. The first kappa shape index (κ1) is 18.0. The molecule has 0 saturated heterocycles. The molecule has 26 heavy (non-hydrogen) atoms. The molecule has 2 heterocycles. The predicted octanol–water partition coefficient (Wildman–Crippen LogP) is 3.05. The molecule has 2 N–H and O–H groups in total. The summed E-state index contributed by atoms with van der Waals surface area (Å²) in [5.74, 6) is 1.11. The van der Waals surface area contributed by atoms with Gasteiger partial charge in [-0.15, -0.1) is 0 Å². The first-order valence-corrected chi connectivity index (χ1v) is 9.53. The van der Waals surface area contributed by atoms with E-state index in [0.717, 1.165) is 0 Å². The summed E-state index contributed by atoms with van der Waals surface area (Å²) in [6.45, 7) is 5.34. The highest BCUT2D eigenvalue weighted by atomic mass is 32.2. The monoisotopic (exact) mass is 376 g/mol. The highest BCUT2D eigenvalue weighted by Crippen LogP contribution is 2.35. The average molecular weight is 376 g/mol. The van der Waals surface area contributed by atoms with Crippen LogP contribution in [0.5, 0.6) is 5.75 Å². The third-order valence-corrected chi connectivity index (χ3v) is 5.47. The third kappa shape index (κ3) is 3.17. The molecule has 8 nitrogen and oxygen atoms in total. The van der Waals surface area contributed by atoms with Crippen LogP contribution in [0.1, 0.15) is 24.1 Å². The Bertz CT molecular complexity index is 1040. The molecule has 9 heteroatoms. The van der Waals surface area contributed by atoms with Gasteiger partial charge in [0.2, 0.25) is 0 Å². The topological polar surface area (TPSA) is 110 Å². The molecule has 0 aliphatic heterocycles. The van der Waals surface area contributed by atoms with Crippen molar-refractivity contribution < 1.29 is 17.7 Å². The van der Waals surface area contributed by atoms with Gasteiger partial charge in [0.1, 0.15) is 10.6 Å². The molecule has 0 radical (unpaired) electrons. The summed E-state index contributed by atoms with van der Waals surface area (Å²) in [6, 6.07) is 6.80. The third-order valence-electron chi connectivity index (χ3n) is 3.94. The number of hydrogen-bond acceptors (Lipinski definition) is 6. The van der Waals surface area contributed by atoms with Crippen LogP contribution in [0.3, 0.4) is 0 Å². The number of aromatic amines is 1. The molecule has 0 aliphatic carbocycles. The molecule has 0 spiro atoms. The lowest BCUT2D eigenvalue weighted by Gasteiger charge is -2.12. The molecule has 0 aliphatic rings. The van der Waals surface area contributed by atoms with Gasteiger partial charge in [-0.3, -0.25) is 4.72 Å². The number of rotatable bonds is 6. The molecule has 0 atom stereocenters. The molecule has 138 valence electrons. The summed E-state index contributed by atoms with van der Waals surface area (Å²) >= 11 is 0. The van der Waals surface area contributed by atoms with Crippen molar-refractivity contribution in [2.24, 2.45) is 0 Å². The summed E-state index contributed by atoms with van der Waals surface area (Å²) in [5.41, 5.74) is 1.83. The molecular weight excluding hydrogens is 356 g/mol. The molecule has 0 saturated carbocycles. The molecule has 0 bridgehead atoms. The van der Waals surface area contributed by atoms with E-state index < -0.39 is 10.0 Å². The number of sulfonamides is 1. The van der Waals surface area contributed by atoms with Gasteiger partial charge in [-0.1, -0.05) is 24.2 Å². The van der Waals surface area contributed by atoms with Crippen LogP contribution in [0, 0.1) is 13.8 Å². The lowest BCUT2D eigenvalue weighted by molar-refractivity contribution is 0.417. The number of H-pyrrole nitrogens is 1. The standard InChI is InChI=1S/C17H20N4O4S/c1-5-14-19-17(25-20-14)15-10(2)18-11(3)16(15)26(22,23)21-12-8-6-7-9-13(12)24-4/h6-9,18,21H,5H2,1-4H3. The number of aryl methyl sites for hydroxylation is 3. The van der Waals surface area contributed by atoms with Crippen LogP contribution >= 0.6 is 0 Å². The van der Waals surface area contributed by atoms with E-state index in [1.54, 1.807) is 38.1 Å². The number of para-hydroxylation sites is 2. The van der Waals surface area contributed by atoms with Crippen molar-refractivity contribution >= 4 is 15.7 Å². The van der Waals surface area contributed by atoms with Crippen molar-refractivity contribution in [3.8, 4) is 17.2 Å². The summed E-state index contributed by atoms with van der Waals surface area (Å²) in [7, 11) is -2.44. The van der Waals surface area contributed by atoms with Gasteiger partial charge < -0.3 is 14.2 Å². The van der Waals surface area contributed by atoms with Gasteiger partial charge in [-0.05, 0) is 26.0 Å². The molecule has 3 aromatic rings.